The second-order valence-electron chi connectivity index (χ2n) is 6.10. The molecule has 1 aromatic rings. The number of nitrogens with one attached hydrogen (secondary N) is 1. The van der Waals surface area contributed by atoms with Gasteiger partial charge in [-0.2, -0.15) is 0 Å². The van der Waals surface area contributed by atoms with Crippen LogP contribution in [0, 0.1) is 5.92 Å². The van der Waals surface area contributed by atoms with Gasteiger partial charge in [-0.15, -0.1) is 0 Å². The highest BCUT2D eigenvalue weighted by Gasteiger charge is 2.32. The van der Waals surface area contributed by atoms with Crippen molar-refractivity contribution in [2.24, 2.45) is 11.7 Å². The molecule has 2 rings (SSSR count). The maximum absolute atomic E-state index is 11.4. The molecule has 21 heavy (non-hydrogen) atoms. The quantitative estimate of drug-likeness (QED) is 0.624. The van der Waals surface area contributed by atoms with Gasteiger partial charge in [0.1, 0.15) is 0 Å². The first-order valence-corrected chi connectivity index (χ1v) is 7.59. The van der Waals surface area contributed by atoms with E-state index >= 15 is 0 Å². The minimum Gasteiger partial charge on any atom is -0.399 e. The van der Waals surface area contributed by atoms with Gasteiger partial charge in [0.05, 0.1) is 11.2 Å². The minimum absolute atomic E-state index is 0.398. The summed E-state index contributed by atoms with van der Waals surface area (Å²) in [4.78, 5) is 11.4. The summed E-state index contributed by atoms with van der Waals surface area (Å²) in [6, 6.07) is 4.94. The number of carbonyl (C=O) groups is 1. The molecule has 0 heterocycles. The number of amides is 1. The number of carbonyl (C=O) groups excluding carboxylic acids is 1. The number of hydrogen-bond acceptors (Lipinski definition) is 4. The van der Waals surface area contributed by atoms with Crippen LogP contribution in [0.2, 0.25) is 0 Å². The van der Waals surface area contributed by atoms with Crippen LogP contribution in [0.3, 0.4) is 0 Å². The Labute approximate surface area is 125 Å². The molecule has 1 aliphatic rings. The summed E-state index contributed by atoms with van der Waals surface area (Å²) in [7, 11) is 0. The van der Waals surface area contributed by atoms with Crippen molar-refractivity contribution in [3.05, 3.63) is 23.8 Å². The maximum Gasteiger partial charge on any atom is 0.250 e. The number of hydrogen-bond donors (Lipinski definition) is 4. The molecular weight excluding hydrogens is 266 g/mol. The Morgan fingerprint density at radius 2 is 2.10 bits per heavy atom. The Morgan fingerprint density at radius 1 is 1.43 bits per heavy atom. The molecule has 5 nitrogen and oxygen atoms in total. The second kappa shape index (κ2) is 6.35. The fourth-order valence-electron chi connectivity index (χ4n) is 2.98. The Balaban J connectivity index is 2.03. The van der Waals surface area contributed by atoms with Gasteiger partial charge in [0.2, 0.25) is 0 Å². The average molecular weight is 291 g/mol. The van der Waals surface area contributed by atoms with E-state index in [1.165, 1.54) is 6.42 Å². The van der Waals surface area contributed by atoms with Crippen molar-refractivity contribution in [3.63, 3.8) is 0 Å². The van der Waals surface area contributed by atoms with E-state index in [1.807, 2.05) is 0 Å². The first-order chi connectivity index (χ1) is 9.93. The maximum atomic E-state index is 11.4. The molecular formula is C16H25N3O2. The van der Waals surface area contributed by atoms with Crippen LogP contribution in [-0.2, 0) is 0 Å². The summed E-state index contributed by atoms with van der Waals surface area (Å²) in [5, 5.41) is 13.8. The Hall–Kier alpha value is -1.75. The van der Waals surface area contributed by atoms with Crippen LogP contribution in [0.15, 0.2) is 18.2 Å². The molecule has 0 radical (unpaired) electrons. The number of benzene rings is 1. The normalized spacial score (nSPS) is 25.5. The van der Waals surface area contributed by atoms with Crippen LogP contribution in [0.25, 0.3) is 0 Å². The van der Waals surface area contributed by atoms with Gasteiger partial charge in [-0.3, -0.25) is 4.79 Å². The van der Waals surface area contributed by atoms with Gasteiger partial charge in [0.15, 0.2) is 0 Å². The van der Waals surface area contributed by atoms with Crippen LogP contribution < -0.4 is 16.8 Å². The lowest BCUT2D eigenvalue weighted by molar-refractivity contribution is 0.00227. The van der Waals surface area contributed by atoms with Crippen molar-refractivity contribution in [2.45, 2.75) is 44.6 Å². The van der Waals surface area contributed by atoms with Gasteiger partial charge in [-0.05, 0) is 49.8 Å². The molecule has 0 aromatic heterocycles. The fourth-order valence-corrected chi connectivity index (χ4v) is 2.98. The van der Waals surface area contributed by atoms with Crippen LogP contribution in [0.5, 0.6) is 0 Å². The average Bonchev–Trinajstić information content (AvgIpc) is 2.46. The second-order valence-corrected chi connectivity index (χ2v) is 6.10. The predicted molar refractivity (Wildman–Crippen MR) is 85.1 cm³/mol. The van der Waals surface area contributed by atoms with E-state index in [0.29, 0.717) is 23.5 Å². The molecule has 5 heteroatoms. The summed E-state index contributed by atoms with van der Waals surface area (Å²) in [6.45, 7) is 2.60. The third-order valence-corrected chi connectivity index (χ3v) is 4.53. The number of anilines is 2. The zero-order chi connectivity index (χ0) is 15.5. The molecule has 1 aromatic carbocycles. The van der Waals surface area contributed by atoms with E-state index in [9.17, 15) is 9.90 Å². The van der Waals surface area contributed by atoms with Gasteiger partial charge in [-0.1, -0.05) is 13.3 Å². The third kappa shape index (κ3) is 3.88. The van der Waals surface area contributed by atoms with Gasteiger partial charge >= 0.3 is 0 Å². The highest BCUT2D eigenvalue weighted by atomic mass is 16.3. The van der Waals surface area contributed by atoms with Crippen LogP contribution >= 0.6 is 0 Å². The zero-order valence-corrected chi connectivity index (χ0v) is 12.6. The molecule has 0 aliphatic heterocycles. The lowest BCUT2D eigenvalue weighted by atomic mass is 9.78. The molecule has 1 saturated carbocycles. The Morgan fingerprint density at radius 3 is 2.67 bits per heavy atom. The number of primary amides is 1. The van der Waals surface area contributed by atoms with E-state index in [0.717, 1.165) is 31.6 Å². The topological polar surface area (TPSA) is 101 Å². The zero-order valence-electron chi connectivity index (χ0n) is 12.6. The van der Waals surface area contributed by atoms with Crippen LogP contribution in [0.1, 0.15) is 49.4 Å². The van der Waals surface area contributed by atoms with E-state index in [1.54, 1.807) is 18.2 Å². The Bertz CT molecular complexity index is 508. The molecule has 0 atom stereocenters. The molecule has 0 bridgehead atoms. The molecule has 0 saturated heterocycles. The highest BCUT2D eigenvalue weighted by Crippen LogP contribution is 2.34. The van der Waals surface area contributed by atoms with Crippen molar-refractivity contribution >= 4 is 17.3 Å². The molecule has 6 N–H and O–H groups in total. The molecule has 1 fully saturated rings. The lowest BCUT2D eigenvalue weighted by Gasteiger charge is -2.36. The Kier molecular flexibility index (Phi) is 4.73. The summed E-state index contributed by atoms with van der Waals surface area (Å²) < 4.78 is 0. The standard InChI is InChI=1S/C16H25N3O2/c1-2-11-5-7-16(21,8-6-11)10-19-14-9-12(17)3-4-13(14)15(18)20/h3-4,9,11,19,21H,2,5-8,10,17H2,1H3,(H2,18,20). The van der Waals surface area contributed by atoms with Crippen molar-refractivity contribution in [1.82, 2.24) is 0 Å². The molecule has 0 spiro atoms. The van der Waals surface area contributed by atoms with Gasteiger partial charge in [0, 0.05) is 17.9 Å². The smallest absolute Gasteiger partial charge is 0.250 e. The molecule has 0 unspecified atom stereocenters. The number of rotatable bonds is 5. The van der Waals surface area contributed by atoms with Gasteiger partial charge < -0.3 is 21.9 Å². The first kappa shape index (κ1) is 15.6. The molecule has 116 valence electrons. The molecule has 1 amide bonds. The van der Waals surface area contributed by atoms with E-state index in [-0.39, 0.29) is 0 Å². The van der Waals surface area contributed by atoms with Gasteiger partial charge in [-0.25, -0.2) is 0 Å². The molecule has 1 aliphatic carbocycles. The van der Waals surface area contributed by atoms with Crippen LogP contribution in [0.4, 0.5) is 11.4 Å². The van der Waals surface area contributed by atoms with Crippen LogP contribution in [-0.4, -0.2) is 23.2 Å². The lowest BCUT2D eigenvalue weighted by Crippen LogP contribution is -2.40. The monoisotopic (exact) mass is 291 g/mol. The number of aliphatic hydroxyl groups is 1. The number of nitrogen functional groups attached to an aromatic ring is 1. The summed E-state index contributed by atoms with van der Waals surface area (Å²) >= 11 is 0. The third-order valence-electron chi connectivity index (χ3n) is 4.53. The number of nitrogens with two attached hydrogens (primary N) is 2. The van der Waals surface area contributed by atoms with E-state index < -0.39 is 11.5 Å². The fraction of sp³-hybridized carbons (Fsp3) is 0.562. The predicted octanol–water partition coefficient (Wildman–Crippen LogP) is 2.11. The van der Waals surface area contributed by atoms with E-state index in [2.05, 4.69) is 12.2 Å². The van der Waals surface area contributed by atoms with E-state index in [4.69, 9.17) is 11.5 Å². The summed E-state index contributed by atoms with van der Waals surface area (Å²) in [5.74, 6) is 0.220. The van der Waals surface area contributed by atoms with Crippen molar-refractivity contribution in [2.75, 3.05) is 17.6 Å². The SMILES string of the molecule is CCC1CCC(O)(CNc2cc(N)ccc2C(N)=O)CC1. The van der Waals surface area contributed by atoms with Gasteiger partial charge in [0.25, 0.3) is 5.91 Å². The van der Waals surface area contributed by atoms with Crippen molar-refractivity contribution < 1.29 is 9.90 Å². The largest absolute Gasteiger partial charge is 0.399 e. The van der Waals surface area contributed by atoms with Crippen molar-refractivity contribution in [3.8, 4) is 0 Å². The highest BCUT2D eigenvalue weighted by molar-refractivity contribution is 5.99. The van der Waals surface area contributed by atoms with Crippen molar-refractivity contribution in [1.29, 1.82) is 0 Å². The summed E-state index contributed by atoms with van der Waals surface area (Å²) in [6.07, 6.45) is 4.84. The first-order valence-electron chi connectivity index (χ1n) is 7.59. The minimum atomic E-state index is -0.717. The summed E-state index contributed by atoms with van der Waals surface area (Å²) in [5.41, 5.74) is 11.9.